The number of piperidine rings is 1. The summed E-state index contributed by atoms with van der Waals surface area (Å²) in [4.78, 5) is 9.89. The van der Waals surface area contributed by atoms with Crippen LogP contribution in [0.25, 0.3) is 0 Å². The molecule has 0 saturated carbocycles. The molecule has 0 amide bonds. The van der Waals surface area contributed by atoms with Crippen LogP contribution in [0.5, 0.6) is 0 Å². The van der Waals surface area contributed by atoms with Crippen molar-refractivity contribution in [3.05, 3.63) is 0 Å². The highest BCUT2D eigenvalue weighted by Crippen LogP contribution is 2.16. The number of hydrogen-bond donors (Lipinski definition) is 2. The van der Waals surface area contributed by atoms with E-state index in [0.717, 1.165) is 64.4 Å². The summed E-state index contributed by atoms with van der Waals surface area (Å²) in [5, 5.41) is 6.86. The van der Waals surface area contributed by atoms with Gasteiger partial charge in [0, 0.05) is 45.3 Å². The molecule has 2 N–H and O–H groups in total. The van der Waals surface area contributed by atoms with Gasteiger partial charge in [0.15, 0.2) is 5.96 Å². The lowest BCUT2D eigenvalue weighted by atomic mass is 10.0. The summed E-state index contributed by atoms with van der Waals surface area (Å²) in [6.45, 7) is 14.9. The first-order valence-corrected chi connectivity index (χ1v) is 10.9. The van der Waals surface area contributed by atoms with Crippen molar-refractivity contribution < 1.29 is 4.74 Å². The van der Waals surface area contributed by atoms with Gasteiger partial charge in [0.2, 0.25) is 0 Å². The van der Waals surface area contributed by atoms with E-state index in [4.69, 9.17) is 9.73 Å². The molecule has 160 valence electrons. The summed E-state index contributed by atoms with van der Waals surface area (Å²) < 4.78 is 5.40. The maximum Gasteiger partial charge on any atom is 0.191 e. The molecule has 2 saturated heterocycles. The van der Waals surface area contributed by atoms with E-state index in [-0.39, 0.29) is 24.0 Å². The van der Waals surface area contributed by atoms with Crippen LogP contribution in [0.2, 0.25) is 0 Å². The molecular weight excluding hydrogens is 453 g/mol. The van der Waals surface area contributed by atoms with Crippen molar-refractivity contribution in [2.24, 2.45) is 4.99 Å². The predicted molar refractivity (Wildman–Crippen MR) is 125 cm³/mol. The molecule has 0 radical (unpaired) electrons. The summed E-state index contributed by atoms with van der Waals surface area (Å²) in [6, 6.07) is 0.755. The summed E-state index contributed by atoms with van der Waals surface area (Å²) in [6.07, 6.45) is 7.69. The molecule has 2 aliphatic rings. The lowest BCUT2D eigenvalue weighted by molar-refractivity contribution is 0.0372. The zero-order valence-corrected chi connectivity index (χ0v) is 19.9. The Morgan fingerprint density at radius 3 is 2.59 bits per heavy atom. The van der Waals surface area contributed by atoms with Gasteiger partial charge in [-0.1, -0.05) is 6.42 Å². The van der Waals surface area contributed by atoms with Crippen LogP contribution >= 0.6 is 24.0 Å². The molecule has 0 aromatic carbocycles. The number of nitrogens with one attached hydrogen (secondary N) is 2. The Labute approximate surface area is 183 Å². The van der Waals surface area contributed by atoms with Crippen molar-refractivity contribution in [3.63, 3.8) is 0 Å². The van der Waals surface area contributed by atoms with Crippen LogP contribution in [0.4, 0.5) is 0 Å². The van der Waals surface area contributed by atoms with Crippen molar-refractivity contribution >= 4 is 29.9 Å². The molecule has 2 rings (SSSR count). The normalized spacial score (nSPS) is 22.3. The highest BCUT2D eigenvalue weighted by molar-refractivity contribution is 14.0. The maximum absolute atomic E-state index is 5.40. The number of likely N-dealkylation sites (tertiary alicyclic amines) is 1. The van der Waals surface area contributed by atoms with E-state index in [1.54, 1.807) is 0 Å². The Bertz CT molecular complexity index is 391. The van der Waals surface area contributed by atoms with E-state index < -0.39 is 0 Å². The fourth-order valence-corrected chi connectivity index (χ4v) is 3.79. The molecule has 2 fully saturated rings. The van der Waals surface area contributed by atoms with Crippen LogP contribution in [0.3, 0.4) is 0 Å². The van der Waals surface area contributed by atoms with E-state index in [1.165, 1.54) is 51.7 Å². The van der Waals surface area contributed by atoms with Crippen molar-refractivity contribution in [2.45, 2.75) is 58.4 Å². The quantitative estimate of drug-likeness (QED) is 0.211. The first-order valence-electron chi connectivity index (χ1n) is 10.9. The third kappa shape index (κ3) is 10.9. The number of hydrogen-bond acceptors (Lipinski definition) is 4. The molecule has 0 aliphatic carbocycles. The monoisotopic (exact) mass is 495 g/mol. The molecule has 0 spiro atoms. The van der Waals surface area contributed by atoms with Gasteiger partial charge in [0.25, 0.3) is 0 Å². The second-order valence-electron chi connectivity index (χ2n) is 7.58. The predicted octanol–water partition coefficient (Wildman–Crippen LogP) is 2.54. The molecule has 1 atom stereocenters. The van der Waals surface area contributed by atoms with Gasteiger partial charge in [0.1, 0.15) is 0 Å². The zero-order chi connectivity index (χ0) is 18.5. The summed E-state index contributed by atoms with van der Waals surface area (Å²) in [5.41, 5.74) is 0. The molecule has 0 aromatic rings. The van der Waals surface area contributed by atoms with Crippen LogP contribution in [-0.2, 0) is 4.74 Å². The Balaban J connectivity index is 0.00000364. The van der Waals surface area contributed by atoms with Crippen LogP contribution in [0, 0.1) is 0 Å². The second-order valence-corrected chi connectivity index (χ2v) is 7.58. The molecular formula is C20H42IN5O. The van der Waals surface area contributed by atoms with E-state index >= 15 is 0 Å². The van der Waals surface area contributed by atoms with Crippen LogP contribution in [-0.4, -0.2) is 87.4 Å². The number of unbranched alkanes of at least 4 members (excludes halogenated alkanes) is 1. The lowest BCUT2D eigenvalue weighted by Gasteiger charge is -2.33. The average molecular weight is 495 g/mol. The van der Waals surface area contributed by atoms with Gasteiger partial charge in [-0.3, -0.25) is 9.89 Å². The first kappa shape index (κ1) is 24.9. The Morgan fingerprint density at radius 1 is 1.04 bits per heavy atom. The highest BCUT2D eigenvalue weighted by atomic mass is 127. The van der Waals surface area contributed by atoms with Gasteiger partial charge in [-0.2, -0.15) is 0 Å². The Kier molecular flexibility index (Phi) is 14.5. The second kappa shape index (κ2) is 15.8. The smallest absolute Gasteiger partial charge is 0.191 e. The number of guanidine groups is 1. The minimum absolute atomic E-state index is 0. The topological polar surface area (TPSA) is 52.1 Å². The number of aliphatic imine (C=N–C) groups is 1. The minimum atomic E-state index is 0. The standard InChI is InChI=1S/C20H41N5O.HI/c1-3-21-20(22-10-5-7-12-24-15-17-26-18-16-24)23-11-8-14-25-13-6-4-9-19(25)2;/h19H,3-18H2,1-2H3,(H2,21,22,23);1H. The van der Waals surface area contributed by atoms with Crippen LogP contribution < -0.4 is 10.6 Å². The largest absolute Gasteiger partial charge is 0.379 e. The Morgan fingerprint density at radius 2 is 1.85 bits per heavy atom. The number of morpholine rings is 1. The molecule has 1 unspecified atom stereocenters. The molecule has 27 heavy (non-hydrogen) atoms. The van der Waals surface area contributed by atoms with Crippen LogP contribution in [0.1, 0.15) is 52.4 Å². The van der Waals surface area contributed by atoms with Crippen LogP contribution in [0.15, 0.2) is 4.99 Å². The maximum atomic E-state index is 5.40. The molecule has 6 nitrogen and oxygen atoms in total. The average Bonchev–Trinajstić information content (AvgIpc) is 2.67. The van der Waals surface area contributed by atoms with Crippen molar-refractivity contribution in [1.29, 1.82) is 0 Å². The summed E-state index contributed by atoms with van der Waals surface area (Å²) >= 11 is 0. The minimum Gasteiger partial charge on any atom is -0.379 e. The third-order valence-corrected chi connectivity index (χ3v) is 5.46. The fourth-order valence-electron chi connectivity index (χ4n) is 3.79. The first-order chi connectivity index (χ1) is 12.8. The van der Waals surface area contributed by atoms with Crippen molar-refractivity contribution in [3.8, 4) is 0 Å². The number of rotatable bonds is 10. The highest BCUT2D eigenvalue weighted by Gasteiger charge is 2.17. The van der Waals surface area contributed by atoms with Crippen molar-refractivity contribution in [2.75, 3.05) is 65.6 Å². The van der Waals surface area contributed by atoms with E-state index in [1.807, 2.05) is 0 Å². The van der Waals surface area contributed by atoms with E-state index in [9.17, 15) is 0 Å². The molecule has 2 aliphatic heterocycles. The SMILES string of the molecule is CCNC(=NCCCN1CCCCC1C)NCCCCN1CCOCC1.I. The van der Waals surface area contributed by atoms with Gasteiger partial charge >= 0.3 is 0 Å². The summed E-state index contributed by atoms with van der Waals surface area (Å²) in [5.74, 6) is 0.977. The van der Waals surface area contributed by atoms with Gasteiger partial charge in [0.05, 0.1) is 13.2 Å². The molecule has 7 heteroatoms. The third-order valence-electron chi connectivity index (χ3n) is 5.46. The van der Waals surface area contributed by atoms with Gasteiger partial charge in [-0.25, -0.2) is 0 Å². The van der Waals surface area contributed by atoms with Gasteiger partial charge in [-0.05, 0) is 59.0 Å². The van der Waals surface area contributed by atoms with E-state index in [2.05, 4.69) is 34.3 Å². The Hall–Kier alpha value is -0.120. The fraction of sp³-hybridized carbons (Fsp3) is 0.950. The van der Waals surface area contributed by atoms with E-state index in [0.29, 0.717) is 0 Å². The lowest BCUT2D eigenvalue weighted by Crippen LogP contribution is -2.39. The van der Waals surface area contributed by atoms with Gasteiger partial charge < -0.3 is 20.3 Å². The van der Waals surface area contributed by atoms with Crippen molar-refractivity contribution in [1.82, 2.24) is 20.4 Å². The number of nitrogens with zero attached hydrogens (tertiary/aromatic N) is 3. The molecule has 0 bridgehead atoms. The molecule has 0 aromatic heterocycles. The number of ether oxygens (including phenoxy) is 1. The number of halogens is 1. The van der Waals surface area contributed by atoms with Gasteiger partial charge in [-0.15, -0.1) is 24.0 Å². The zero-order valence-electron chi connectivity index (χ0n) is 17.5. The summed E-state index contributed by atoms with van der Waals surface area (Å²) in [7, 11) is 0. The molecule has 2 heterocycles.